The van der Waals surface area contributed by atoms with Crippen LogP contribution in [0.3, 0.4) is 0 Å². The highest BCUT2D eigenvalue weighted by Crippen LogP contribution is 2.18. The van der Waals surface area contributed by atoms with E-state index < -0.39 is 10.0 Å². The van der Waals surface area contributed by atoms with Gasteiger partial charge in [0, 0.05) is 13.1 Å². The minimum Gasteiger partial charge on any atom is -0.372 e. The number of hydrogen-bond donors (Lipinski definition) is 0. The number of hydrogen-bond acceptors (Lipinski definition) is 3. The fraction of sp³-hybridized carbons (Fsp3) is 1.00. The van der Waals surface area contributed by atoms with Gasteiger partial charge in [0.05, 0.1) is 18.5 Å². The van der Waals surface area contributed by atoms with Crippen molar-refractivity contribution in [3.63, 3.8) is 0 Å². The molecule has 0 N–H and O–H groups in total. The third-order valence-corrected chi connectivity index (χ3v) is 3.94. The maximum Gasteiger partial charge on any atom is 0.214 e. The Morgan fingerprint density at radius 1 is 1.55 bits per heavy atom. The van der Waals surface area contributed by atoms with Gasteiger partial charge in [-0.25, -0.2) is 8.42 Å². The summed E-state index contributed by atoms with van der Waals surface area (Å²) in [5.41, 5.74) is 0. The van der Waals surface area contributed by atoms with Crippen LogP contribution in [-0.2, 0) is 14.8 Å². The lowest BCUT2D eigenvalue weighted by Crippen LogP contribution is -2.29. The molecule has 4 nitrogen and oxygen atoms in total. The molecule has 2 heterocycles. The Hall–Kier alpha value is -0.130. The fourth-order valence-corrected chi connectivity index (χ4v) is 2.85. The second kappa shape index (κ2) is 2.43. The molecule has 0 saturated carbocycles. The molecule has 2 aliphatic heterocycles. The van der Waals surface area contributed by atoms with Crippen molar-refractivity contribution in [2.45, 2.75) is 12.5 Å². The van der Waals surface area contributed by atoms with Gasteiger partial charge in [-0.05, 0) is 6.42 Å². The average molecular weight is 177 g/mol. The van der Waals surface area contributed by atoms with Crippen molar-refractivity contribution in [3.05, 3.63) is 0 Å². The Labute approximate surface area is 66.2 Å². The molecule has 0 amide bonds. The molecule has 0 aromatic heterocycles. The minimum absolute atomic E-state index is 0.183. The van der Waals surface area contributed by atoms with Crippen molar-refractivity contribution in [1.82, 2.24) is 4.31 Å². The SMILES string of the molecule is O=S1(=O)CCCN1C[C@H]1CO1. The molecule has 2 rings (SSSR count). The molecule has 2 saturated heterocycles. The molecule has 0 unspecified atom stereocenters. The first kappa shape index (κ1) is 7.52. The molecule has 2 fully saturated rings. The van der Waals surface area contributed by atoms with Gasteiger partial charge < -0.3 is 4.74 Å². The van der Waals surface area contributed by atoms with Gasteiger partial charge in [0.2, 0.25) is 10.0 Å². The Morgan fingerprint density at radius 2 is 2.27 bits per heavy atom. The molecule has 64 valence electrons. The lowest BCUT2D eigenvalue weighted by atomic mass is 10.4. The third-order valence-electron chi connectivity index (χ3n) is 2.01. The highest BCUT2D eigenvalue weighted by molar-refractivity contribution is 7.89. The lowest BCUT2D eigenvalue weighted by molar-refractivity contribution is 0.347. The van der Waals surface area contributed by atoms with Crippen LogP contribution in [0.4, 0.5) is 0 Å². The summed E-state index contributed by atoms with van der Waals surface area (Å²) in [5.74, 6) is 0.319. The third kappa shape index (κ3) is 1.55. The molecule has 0 aromatic carbocycles. The summed E-state index contributed by atoms with van der Waals surface area (Å²) in [4.78, 5) is 0. The molecular formula is C6H11NO3S. The molecule has 0 aliphatic carbocycles. The summed E-state index contributed by atoms with van der Waals surface area (Å²) in [6.07, 6.45) is 0.956. The zero-order valence-electron chi connectivity index (χ0n) is 6.19. The van der Waals surface area contributed by atoms with Crippen LogP contribution in [0.1, 0.15) is 6.42 Å². The van der Waals surface area contributed by atoms with Gasteiger partial charge in [-0.15, -0.1) is 0 Å². The fourth-order valence-electron chi connectivity index (χ4n) is 1.30. The highest BCUT2D eigenvalue weighted by Gasteiger charge is 2.34. The number of sulfonamides is 1. The molecule has 0 bridgehead atoms. The van der Waals surface area contributed by atoms with E-state index in [1.165, 1.54) is 4.31 Å². The second-order valence-electron chi connectivity index (χ2n) is 2.98. The van der Waals surface area contributed by atoms with E-state index in [9.17, 15) is 8.42 Å². The summed E-state index contributed by atoms with van der Waals surface area (Å²) in [5, 5.41) is 0. The first-order valence-corrected chi connectivity index (χ1v) is 5.39. The van der Waals surface area contributed by atoms with Gasteiger partial charge in [-0.3, -0.25) is 0 Å². The van der Waals surface area contributed by atoms with E-state index in [4.69, 9.17) is 4.74 Å². The zero-order valence-corrected chi connectivity index (χ0v) is 7.01. The normalized spacial score (nSPS) is 35.8. The van der Waals surface area contributed by atoms with Crippen LogP contribution in [0.5, 0.6) is 0 Å². The molecule has 0 spiro atoms. The Balaban J connectivity index is 2.01. The smallest absolute Gasteiger partial charge is 0.214 e. The van der Waals surface area contributed by atoms with Crippen molar-refractivity contribution < 1.29 is 13.2 Å². The predicted octanol–water partition coefficient (Wildman–Crippen LogP) is -0.579. The van der Waals surface area contributed by atoms with Gasteiger partial charge >= 0.3 is 0 Å². The van der Waals surface area contributed by atoms with Crippen LogP contribution in [-0.4, -0.2) is 44.3 Å². The first-order valence-electron chi connectivity index (χ1n) is 3.78. The quantitative estimate of drug-likeness (QED) is 0.530. The van der Waals surface area contributed by atoms with Gasteiger partial charge in [0.15, 0.2) is 0 Å². The number of nitrogens with zero attached hydrogens (tertiary/aromatic N) is 1. The maximum atomic E-state index is 11.2. The monoisotopic (exact) mass is 177 g/mol. The summed E-state index contributed by atoms with van der Waals surface area (Å²) in [6, 6.07) is 0. The molecule has 1 atom stereocenters. The van der Waals surface area contributed by atoms with Crippen LogP contribution in [0.15, 0.2) is 0 Å². The van der Waals surface area contributed by atoms with E-state index in [-0.39, 0.29) is 6.10 Å². The van der Waals surface area contributed by atoms with Gasteiger partial charge in [0.1, 0.15) is 0 Å². The Bertz CT molecular complexity index is 245. The standard InChI is InChI=1S/C6H11NO3S/c8-11(9)3-1-2-7(11)4-6-5-10-6/h6H,1-5H2/t6-/m0/s1. The van der Waals surface area contributed by atoms with E-state index in [1.807, 2.05) is 0 Å². The van der Waals surface area contributed by atoms with Crippen LogP contribution in [0.2, 0.25) is 0 Å². The van der Waals surface area contributed by atoms with Crippen LogP contribution >= 0.6 is 0 Å². The molecule has 0 radical (unpaired) electrons. The van der Waals surface area contributed by atoms with Gasteiger partial charge in [-0.1, -0.05) is 0 Å². The van der Waals surface area contributed by atoms with E-state index in [1.54, 1.807) is 0 Å². The summed E-state index contributed by atoms with van der Waals surface area (Å²) < 4.78 is 28.9. The van der Waals surface area contributed by atoms with Crippen molar-refractivity contribution in [3.8, 4) is 0 Å². The zero-order chi connectivity index (χ0) is 7.90. The molecule has 11 heavy (non-hydrogen) atoms. The molecule has 5 heteroatoms. The highest BCUT2D eigenvalue weighted by atomic mass is 32.2. The van der Waals surface area contributed by atoms with Crippen LogP contribution in [0, 0.1) is 0 Å². The van der Waals surface area contributed by atoms with Gasteiger partial charge in [-0.2, -0.15) is 4.31 Å². The molecule has 2 aliphatic rings. The van der Waals surface area contributed by atoms with Crippen molar-refractivity contribution in [1.29, 1.82) is 0 Å². The van der Waals surface area contributed by atoms with Crippen LogP contribution < -0.4 is 0 Å². The van der Waals surface area contributed by atoms with Crippen LogP contribution in [0.25, 0.3) is 0 Å². The number of ether oxygens (including phenoxy) is 1. The van der Waals surface area contributed by atoms with E-state index in [2.05, 4.69) is 0 Å². The largest absolute Gasteiger partial charge is 0.372 e. The summed E-state index contributed by atoms with van der Waals surface area (Å²) >= 11 is 0. The van der Waals surface area contributed by atoms with Crippen molar-refractivity contribution >= 4 is 10.0 Å². The van der Waals surface area contributed by atoms with Crippen molar-refractivity contribution in [2.75, 3.05) is 25.4 Å². The van der Waals surface area contributed by atoms with Gasteiger partial charge in [0.25, 0.3) is 0 Å². The predicted molar refractivity (Wildman–Crippen MR) is 39.7 cm³/mol. The lowest BCUT2D eigenvalue weighted by Gasteiger charge is -2.11. The maximum absolute atomic E-state index is 11.2. The second-order valence-corrected chi connectivity index (χ2v) is 5.07. The Kier molecular flexibility index (Phi) is 1.66. The Morgan fingerprint density at radius 3 is 2.73 bits per heavy atom. The summed E-state index contributed by atoms with van der Waals surface area (Å²) in [7, 11) is -2.89. The molecule has 0 aromatic rings. The summed E-state index contributed by atoms with van der Waals surface area (Å²) in [6.45, 7) is 1.98. The topological polar surface area (TPSA) is 49.9 Å². The van der Waals surface area contributed by atoms with E-state index in [0.717, 1.165) is 13.0 Å². The first-order chi connectivity index (χ1) is 5.18. The van der Waals surface area contributed by atoms with E-state index in [0.29, 0.717) is 18.8 Å². The molecular weight excluding hydrogens is 166 g/mol. The van der Waals surface area contributed by atoms with E-state index >= 15 is 0 Å². The number of rotatable bonds is 2. The number of epoxide rings is 1. The average Bonchev–Trinajstić information content (AvgIpc) is 2.63. The minimum atomic E-state index is -2.89. The van der Waals surface area contributed by atoms with Crippen molar-refractivity contribution in [2.24, 2.45) is 0 Å².